The lowest BCUT2D eigenvalue weighted by Crippen LogP contribution is -2.38. The predicted octanol–water partition coefficient (Wildman–Crippen LogP) is 1.32. The summed E-state index contributed by atoms with van der Waals surface area (Å²) in [4.78, 5) is 11.9. The molecule has 0 aliphatic rings. The first kappa shape index (κ1) is 14.2. The van der Waals surface area contributed by atoms with E-state index in [2.05, 4.69) is 15.5 Å². The molecular formula is C14H17N3O3. The fourth-order valence-corrected chi connectivity index (χ4v) is 2.04. The third-order valence-electron chi connectivity index (χ3n) is 3.06. The first-order valence-corrected chi connectivity index (χ1v) is 6.25. The van der Waals surface area contributed by atoms with E-state index in [9.17, 15) is 9.90 Å². The van der Waals surface area contributed by atoms with E-state index < -0.39 is 5.60 Å². The third kappa shape index (κ3) is 3.03. The number of carbonyl (C=O) groups is 1. The van der Waals surface area contributed by atoms with E-state index in [1.165, 1.54) is 12.4 Å². The third-order valence-corrected chi connectivity index (χ3v) is 3.06. The lowest BCUT2D eigenvalue weighted by Gasteiger charge is -2.23. The average Bonchev–Trinajstić information content (AvgIpc) is 2.77. The van der Waals surface area contributed by atoms with Crippen molar-refractivity contribution in [2.24, 2.45) is 0 Å². The number of carbonyl (C=O) groups excluding carboxylic acids is 1. The molecule has 2 rings (SSSR count). The summed E-state index contributed by atoms with van der Waals surface area (Å²) in [6.07, 6.45) is 2.81. The van der Waals surface area contributed by atoms with E-state index in [4.69, 9.17) is 4.42 Å². The zero-order valence-electron chi connectivity index (χ0n) is 11.7. The SMILES string of the molecule is Cc1cc(C(C)(O)CNC(=O)c2ccnnc2)c(C)o1. The number of amides is 1. The Morgan fingerprint density at radius 1 is 1.45 bits per heavy atom. The topological polar surface area (TPSA) is 88.2 Å². The Kier molecular flexibility index (Phi) is 3.85. The number of aromatic nitrogens is 2. The molecule has 20 heavy (non-hydrogen) atoms. The van der Waals surface area contributed by atoms with Gasteiger partial charge in [-0.15, -0.1) is 0 Å². The maximum atomic E-state index is 11.9. The summed E-state index contributed by atoms with van der Waals surface area (Å²) in [7, 11) is 0. The zero-order valence-corrected chi connectivity index (χ0v) is 11.7. The number of nitrogens with one attached hydrogen (secondary N) is 1. The average molecular weight is 275 g/mol. The molecule has 0 aromatic carbocycles. The van der Waals surface area contributed by atoms with E-state index in [1.807, 2.05) is 6.92 Å². The molecular weight excluding hydrogens is 258 g/mol. The maximum Gasteiger partial charge on any atom is 0.253 e. The molecule has 1 amide bonds. The maximum absolute atomic E-state index is 11.9. The highest BCUT2D eigenvalue weighted by Gasteiger charge is 2.28. The second kappa shape index (κ2) is 5.42. The van der Waals surface area contributed by atoms with Gasteiger partial charge in [-0.3, -0.25) is 4.79 Å². The van der Waals surface area contributed by atoms with Crippen molar-refractivity contribution in [1.82, 2.24) is 15.5 Å². The van der Waals surface area contributed by atoms with Crippen molar-refractivity contribution in [2.45, 2.75) is 26.4 Å². The Balaban J connectivity index is 2.06. The summed E-state index contributed by atoms with van der Waals surface area (Å²) >= 11 is 0. The van der Waals surface area contributed by atoms with Crippen molar-refractivity contribution >= 4 is 5.91 Å². The minimum absolute atomic E-state index is 0.0774. The van der Waals surface area contributed by atoms with Gasteiger partial charge in [0.2, 0.25) is 0 Å². The fraction of sp³-hybridized carbons (Fsp3) is 0.357. The Morgan fingerprint density at radius 3 is 2.75 bits per heavy atom. The lowest BCUT2D eigenvalue weighted by molar-refractivity contribution is 0.0514. The van der Waals surface area contributed by atoms with Crippen LogP contribution >= 0.6 is 0 Å². The highest BCUT2D eigenvalue weighted by molar-refractivity contribution is 5.93. The van der Waals surface area contributed by atoms with Gasteiger partial charge in [0.25, 0.3) is 5.91 Å². The van der Waals surface area contributed by atoms with Crippen LogP contribution in [0.3, 0.4) is 0 Å². The molecule has 0 saturated heterocycles. The second-order valence-electron chi connectivity index (χ2n) is 4.91. The first-order chi connectivity index (χ1) is 9.40. The van der Waals surface area contributed by atoms with Gasteiger partial charge in [-0.25, -0.2) is 0 Å². The molecule has 0 radical (unpaired) electrons. The first-order valence-electron chi connectivity index (χ1n) is 6.25. The van der Waals surface area contributed by atoms with Crippen molar-refractivity contribution in [2.75, 3.05) is 6.54 Å². The molecule has 2 N–H and O–H groups in total. The predicted molar refractivity (Wildman–Crippen MR) is 72.1 cm³/mol. The van der Waals surface area contributed by atoms with Crippen LogP contribution in [-0.4, -0.2) is 27.8 Å². The highest BCUT2D eigenvalue weighted by Crippen LogP contribution is 2.26. The number of furan rings is 1. The van der Waals surface area contributed by atoms with E-state index in [0.29, 0.717) is 16.9 Å². The number of aliphatic hydroxyl groups is 1. The van der Waals surface area contributed by atoms with Gasteiger partial charge >= 0.3 is 0 Å². The zero-order chi connectivity index (χ0) is 14.8. The summed E-state index contributed by atoms with van der Waals surface area (Å²) < 4.78 is 5.40. The van der Waals surface area contributed by atoms with Crippen LogP contribution in [-0.2, 0) is 5.60 Å². The summed E-state index contributed by atoms with van der Waals surface area (Å²) in [6.45, 7) is 5.31. The van der Waals surface area contributed by atoms with Crippen LogP contribution < -0.4 is 5.32 Å². The Labute approximate surface area is 116 Å². The smallest absolute Gasteiger partial charge is 0.253 e. The highest BCUT2D eigenvalue weighted by atomic mass is 16.3. The summed E-state index contributed by atoms with van der Waals surface area (Å²) in [6, 6.07) is 3.33. The van der Waals surface area contributed by atoms with Crippen LogP contribution in [0.5, 0.6) is 0 Å². The standard InChI is InChI=1S/C14H17N3O3/c1-9-6-12(10(2)20-9)14(3,19)8-15-13(18)11-4-5-16-17-7-11/h4-7,19H,8H2,1-3H3,(H,15,18). The van der Waals surface area contributed by atoms with Crippen LogP contribution in [0.25, 0.3) is 0 Å². The lowest BCUT2D eigenvalue weighted by atomic mass is 9.96. The Hall–Kier alpha value is -2.21. The van der Waals surface area contributed by atoms with E-state index >= 15 is 0 Å². The van der Waals surface area contributed by atoms with Crippen LogP contribution in [0.4, 0.5) is 0 Å². The van der Waals surface area contributed by atoms with E-state index in [-0.39, 0.29) is 12.5 Å². The largest absolute Gasteiger partial charge is 0.466 e. The fourth-order valence-electron chi connectivity index (χ4n) is 2.04. The van der Waals surface area contributed by atoms with Crippen molar-refractivity contribution in [1.29, 1.82) is 0 Å². The molecule has 0 aliphatic carbocycles. The minimum atomic E-state index is -1.20. The number of aryl methyl sites for hydroxylation is 2. The summed E-state index contributed by atoms with van der Waals surface area (Å²) in [5.74, 6) is 1.06. The molecule has 0 fully saturated rings. The molecule has 2 aromatic rings. The summed E-state index contributed by atoms with van der Waals surface area (Å²) in [5, 5.41) is 20.4. The molecule has 106 valence electrons. The van der Waals surface area contributed by atoms with Crippen molar-refractivity contribution in [3.05, 3.63) is 47.2 Å². The quantitative estimate of drug-likeness (QED) is 0.878. The normalized spacial score (nSPS) is 13.8. The molecule has 0 aliphatic heterocycles. The number of hydrogen-bond donors (Lipinski definition) is 2. The van der Waals surface area contributed by atoms with Gasteiger partial charge in [0, 0.05) is 5.56 Å². The molecule has 1 atom stereocenters. The minimum Gasteiger partial charge on any atom is -0.466 e. The molecule has 2 heterocycles. The van der Waals surface area contributed by atoms with Gasteiger partial charge in [0.15, 0.2) is 0 Å². The van der Waals surface area contributed by atoms with Crippen molar-refractivity contribution < 1.29 is 14.3 Å². The second-order valence-corrected chi connectivity index (χ2v) is 4.91. The molecule has 2 aromatic heterocycles. The van der Waals surface area contributed by atoms with Gasteiger partial charge < -0.3 is 14.8 Å². The van der Waals surface area contributed by atoms with Crippen LogP contribution in [0.1, 0.15) is 34.4 Å². The number of nitrogens with zero attached hydrogens (tertiary/aromatic N) is 2. The molecule has 6 heteroatoms. The molecule has 0 spiro atoms. The van der Waals surface area contributed by atoms with Crippen molar-refractivity contribution in [3.8, 4) is 0 Å². The van der Waals surface area contributed by atoms with Gasteiger partial charge in [0.1, 0.15) is 17.1 Å². The number of rotatable bonds is 4. The van der Waals surface area contributed by atoms with Gasteiger partial charge in [0.05, 0.1) is 24.5 Å². The Morgan fingerprint density at radius 2 is 2.20 bits per heavy atom. The monoisotopic (exact) mass is 275 g/mol. The van der Waals surface area contributed by atoms with Gasteiger partial charge in [-0.1, -0.05) is 0 Å². The molecule has 0 saturated carbocycles. The van der Waals surface area contributed by atoms with Crippen LogP contribution in [0, 0.1) is 13.8 Å². The van der Waals surface area contributed by atoms with Gasteiger partial charge in [-0.05, 0) is 32.9 Å². The number of hydrogen-bond acceptors (Lipinski definition) is 5. The molecule has 6 nitrogen and oxygen atoms in total. The van der Waals surface area contributed by atoms with Crippen LogP contribution in [0.2, 0.25) is 0 Å². The van der Waals surface area contributed by atoms with E-state index in [0.717, 1.165) is 5.76 Å². The van der Waals surface area contributed by atoms with E-state index in [1.54, 1.807) is 26.0 Å². The van der Waals surface area contributed by atoms with Gasteiger partial charge in [-0.2, -0.15) is 10.2 Å². The molecule has 1 unspecified atom stereocenters. The molecule has 0 bridgehead atoms. The van der Waals surface area contributed by atoms with Crippen LogP contribution in [0.15, 0.2) is 28.9 Å². The Bertz CT molecular complexity index is 605. The van der Waals surface area contributed by atoms with Crippen molar-refractivity contribution in [3.63, 3.8) is 0 Å². The summed E-state index contributed by atoms with van der Waals surface area (Å²) in [5.41, 5.74) is -0.128.